The second-order valence-electron chi connectivity index (χ2n) is 5.80. The summed E-state index contributed by atoms with van der Waals surface area (Å²) in [6.07, 6.45) is 7.15. The molecule has 0 aromatic carbocycles. The Hall–Kier alpha value is -0.0800. The lowest BCUT2D eigenvalue weighted by molar-refractivity contribution is 0.175. The molecule has 1 saturated carbocycles. The van der Waals surface area contributed by atoms with E-state index in [4.69, 9.17) is 0 Å². The van der Waals surface area contributed by atoms with Crippen molar-refractivity contribution in [1.82, 2.24) is 10.2 Å². The van der Waals surface area contributed by atoms with Crippen molar-refractivity contribution >= 4 is 0 Å². The molecule has 1 heterocycles. The Balaban J connectivity index is 1.65. The molecule has 1 aliphatic carbocycles. The predicted molar refractivity (Wildman–Crippen MR) is 65.0 cm³/mol. The minimum absolute atomic E-state index is 0.749. The SMILES string of the molecule is CC1CCNC(CN(C)CC2CCC2)C1. The van der Waals surface area contributed by atoms with E-state index in [1.807, 2.05) is 0 Å². The van der Waals surface area contributed by atoms with Crippen LogP contribution >= 0.6 is 0 Å². The van der Waals surface area contributed by atoms with Crippen molar-refractivity contribution in [3.8, 4) is 0 Å². The average Bonchev–Trinajstić information content (AvgIpc) is 2.11. The van der Waals surface area contributed by atoms with E-state index in [9.17, 15) is 0 Å². The number of nitrogens with zero attached hydrogens (tertiary/aromatic N) is 1. The molecular weight excluding hydrogens is 184 g/mol. The number of hydrogen-bond acceptors (Lipinski definition) is 2. The number of rotatable bonds is 4. The van der Waals surface area contributed by atoms with Gasteiger partial charge in [0.05, 0.1) is 0 Å². The molecule has 2 atom stereocenters. The standard InChI is InChI=1S/C13H26N2/c1-11-6-7-14-13(8-11)10-15(2)9-12-4-3-5-12/h11-14H,3-10H2,1-2H3. The molecule has 0 amide bonds. The zero-order valence-corrected chi connectivity index (χ0v) is 10.3. The number of likely N-dealkylation sites (N-methyl/N-ethyl adjacent to an activating group) is 1. The zero-order valence-electron chi connectivity index (χ0n) is 10.3. The Bertz CT molecular complexity index is 189. The van der Waals surface area contributed by atoms with Crippen molar-refractivity contribution in [2.24, 2.45) is 11.8 Å². The van der Waals surface area contributed by atoms with E-state index in [2.05, 4.69) is 24.2 Å². The Morgan fingerprint density at radius 2 is 2.00 bits per heavy atom. The van der Waals surface area contributed by atoms with Crippen molar-refractivity contribution in [3.63, 3.8) is 0 Å². The molecule has 2 fully saturated rings. The summed E-state index contributed by atoms with van der Waals surface area (Å²) in [4.78, 5) is 2.54. The molecule has 1 saturated heterocycles. The van der Waals surface area contributed by atoms with E-state index in [1.165, 1.54) is 51.7 Å². The minimum atomic E-state index is 0.749. The summed E-state index contributed by atoms with van der Waals surface area (Å²) in [7, 11) is 2.29. The molecule has 2 heteroatoms. The molecule has 0 aromatic heterocycles. The fourth-order valence-corrected chi connectivity index (χ4v) is 2.93. The van der Waals surface area contributed by atoms with Gasteiger partial charge in [0.15, 0.2) is 0 Å². The molecular formula is C13H26N2. The number of nitrogens with one attached hydrogen (secondary N) is 1. The predicted octanol–water partition coefficient (Wildman–Crippen LogP) is 2.11. The van der Waals surface area contributed by atoms with Gasteiger partial charge in [0.2, 0.25) is 0 Å². The Morgan fingerprint density at radius 1 is 1.20 bits per heavy atom. The van der Waals surface area contributed by atoms with Gasteiger partial charge in [-0.25, -0.2) is 0 Å². The second kappa shape index (κ2) is 5.31. The van der Waals surface area contributed by atoms with Gasteiger partial charge in [0, 0.05) is 19.1 Å². The van der Waals surface area contributed by atoms with Crippen molar-refractivity contribution < 1.29 is 0 Å². The van der Waals surface area contributed by atoms with Crippen LogP contribution in [0.5, 0.6) is 0 Å². The van der Waals surface area contributed by atoms with Crippen molar-refractivity contribution in [2.45, 2.75) is 45.1 Å². The molecule has 2 nitrogen and oxygen atoms in total. The molecule has 2 unspecified atom stereocenters. The first-order chi connectivity index (χ1) is 7.24. The molecule has 1 N–H and O–H groups in total. The van der Waals surface area contributed by atoms with Gasteiger partial charge in [-0.1, -0.05) is 13.3 Å². The lowest BCUT2D eigenvalue weighted by atomic mass is 9.85. The molecule has 1 aliphatic heterocycles. The first-order valence-corrected chi connectivity index (χ1v) is 6.66. The molecule has 0 bridgehead atoms. The third-order valence-corrected chi connectivity index (χ3v) is 4.08. The van der Waals surface area contributed by atoms with Gasteiger partial charge in [-0.05, 0) is 51.1 Å². The van der Waals surface area contributed by atoms with Gasteiger partial charge in [-0.2, -0.15) is 0 Å². The van der Waals surface area contributed by atoms with Crippen molar-refractivity contribution in [3.05, 3.63) is 0 Å². The Morgan fingerprint density at radius 3 is 2.60 bits per heavy atom. The second-order valence-corrected chi connectivity index (χ2v) is 5.80. The smallest absolute Gasteiger partial charge is 0.0197 e. The summed E-state index contributed by atoms with van der Waals surface area (Å²) in [6, 6.07) is 0.749. The van der Waals surface area contributed by atoms with E-state index >= 15 is 0 Å². The van der Waals surface area contributed by atoms with Crippen LogP contribution in [0.15, 0.2) is 0 Å². The van der Waals surface area contributed by atoms with Gasteiger partial charge < -0.3 is 10.2 Å². The third kappa shape index (κ3) is 3.46. The maximum absolute atomic E-state index is 3.65. The van der Waals surface area contributed by atoms with Crippen molar-refractivity contribution in [2.75, 3.05) is 26.7 Å². The van der Waals surface area contributed by atoms with Crippen LogP contribution in [0.2, 0.25) is 0 Å². The van der Waals surface area contributed by atoms with Gasteiger partial charge in [0.1, 0.15) is 0 Å². The summed E-state index contributed by atoms with van der Waals surface area (Å²) < 4.78 is 0. The van der Waals surface area contributed by atoms with E-state index < -0.39 is 0 Å². The monoisotopic (exact) mass is 210 g/mol. The van der Waals surface area contributed by atoms with Crippen LogP contribution in [-0.2, 0) is 0 Å². The van der Waals surface area contributed by atoms with Crippen LogP contribution in [-0.4, -0.2) is 37.6 Å². The molecule has 0 aromatic rings. The topological polar surface area (TPSA) is 15.3 Å². The maximum Gasteiger partial charge on any atom is 0.0197 e. The first kappa shape index (κ1) is 11.4. The minimum Gasteiger partial charge on any atom is -0.313 e. The van der Waals surface area contributed by atoms with Crippen LogP contribution < -0.4 is 5.32 Å². The molecule has 2 aliphatic rings. The van der Waals surface area contributed by atoms with E-state index in [0.717, 1.165) is 17.9 Å². The molecule has 88 valence electrons. The van der Waals surface area contributed by atoms with Crippen LogP contribution in [0, 0.1) is 11.8 Å². The largest absolute Gasteiger partial charge is 0.313 e. The van der Waals surface area contributed by atoms with Crippen LogP contribution in [0.3, 0.4) is 0 Å². The van der Waals surface area contributed by atoms with Crippen LogP contribution in [0.1, 0.15) is 39.0 Å². The fraction of sp³-hybridized carbons (Fsp3) is 1.00. The maximum atomic E-state index is 3.65. The summed E-state index contributed by atoms with van der Waals surface area (Å²) in [5.74, 6) is 1.93. The fourth-order valence-electron chi connectivity index (χ4n) is 2.93. The summed E-state index contributed by atoms with van der Waals surface area (Å²) in [6.45, 7) is 6.19. The first-order valence-electron chi connectivity index (χ1n) is 6.66. The molecule has 15 heavy (non-hydrogen) atoms. The highest BCUT2D eigenvalue weighted by Crippen LogP contribution is 2.27. The van der Waals surface area contributed by atoms with E-state index in [-0.39, 0.29) is 0 Å². The highest BCUT2D eigenvalue weighted by atomic mass is 15.1. The Kier molecular flexibility index (Phi) is 4.04. The van der Waals surface area contributed by atoms with Gasteiger partial charge >= 0.3 is 0 Å². The molecule has 0 spiro atoms. The van der Waals surface area contributed by atoms with E-state index in [0.29, 0.717) is 0 Å². The number of hydrogen-bond donors (Lipinski definition) is 1. The average molecular weight is 210 g/mol. The number of piperidine rings is 1. The summed E-state index contributed by atoms with van der Waals surface area (Å²) >= 11 is 0. The quantitative estimate of drug-likeness (QED) is 0.764. The third-order valence-electron chi connectivity index (χ3n) is 4.08. The van der Waals surface area contributed by atoms with Crippen LogP contribution in [0.25, 0.3) is 0 Å². The van der Waals surface area contributed by atoms with Crippen LogP contribution in [0.4, 0.5) is 0 Å². The zero-order chi connectivity index (χ0) is 10.7. The van der Waals surface area contributed by atoms with Gasteiger partial charge in [-0.15, -0.1) is 0 Å². The normalized spacial score (nSPS) is 33.0. The lowest BCUT2D eigenvalue weighted by Gasteiger charge is -2.35. The lowest BCUT2D eigenvalue weighted by Crippen LogP contribution is -2.45. The van der Waals surface area contributed by atoms with Crippen molar-refractivity contribution in [1.29, 1.82) is 0 Å². The molecule has 0 radical (unpaired) electrons. The summed E-state index contributed by atoms with van der Waals surface area (Å²) in [5.41, 5.74) is 0. The highest BCUT2D eigenvalue weighted by molar-refractivity contribution is 4.80. The van der Waals surface area contributed by atoms with E-state index in [1.54, 1.807) is 0 Å². The summed E-state index contributed by atoms with van der Waals surface area (Å²) in [5, 5.41) is 3.65. The Labute approximate surface area is 94.4 Å². The van der Waals surface area contributed by atoms with Gasteiger partial charge in [0.25, 0.3) is 0 Å². The highest BCUT2D eigenvalue weighted by Gasteiger charge is 2.22. The molecule has 2 rings (SSSR count). The van der Waals surface area contributed by atoms with Gasteiger partial charge in [-0.3, -0.25) is 0 Å².